The maximum absolute atomic E-state index is 5.85. The summed E-state index contributed by atoms with van der Waals surface area (Å²) in [5, 5.41) is 0. The molecule has 0 amide bonds. The maximum Gasteiger partial charge on any atom is 0.157 e. The van der Waals surface area contributed by atoms with E-state index in [4.69, 9.17) is 9.47 Å². The second-order valence-electron chi connectivity index (χ2n) is 4.13. The summed E-state index contributed by atoms with van der Waals surface area (Å²) >= 11 is 0. The Bertz CT molecular complexity index is 134. The molecule has 0 N–H and O–H groups in total. The molecule has 1 saturated heterocycles. The van der Waals surface area contributed by atoms with Crippen LogP contribution in [0.1, 0.15) is 58.8 Å². The molecule has 2 atom stereocenters. The highest BCUT2D eigenvalue weighted by Crippen LogP contribution is 2.20. The summed E-state index contributed by atoms with van der Waals surface area (Å²) in [6.45, 7) is 5.31. The normalized spacial score (nSPS) is 27.9. The number of ether oxygens (including phenoxy) is 2. The molecule has 0 saturated carbocycles. The molecule has 1 rings (SSSR count). The van der Waals surface area contributed by atoms with Crippen LogP contribution in [0, 0.1) is 0 Å². The Labute approximate surface area is 88.0 Å². The number of rotatable bonds is 6. The fourth-order valence-corrected chi connectivity index (χ4v) is 1.87. The molecule has 0 aromatic rings. The van der Waals surface area contributed by atoms with E-state index in [-0.39, 0.29) is 6.29 Å². The van der Waals surface area contributed by atoms with Gasteiger partial charge in [-0.05, 0) is 19.3 Å². The molecule has 0 aromatic carbocycles. The second kappa shape index (κ2) is 7.24. The van der Waals surface area contributed by atoms with Crippen LogP contribution in [-0.2, 0) is 9.47 Å². The third-order valence-corrected chi connectivity index (χ3v) is 2.74. The predicted octanol–water partition coefficient (Wildman–Crippen LogP) is 3.50. The minimum atomic E-state index is 0.0837. The van der Waals surface area contributed by atoms with Gasteiger partial charge in [0.25, 0.3) is 0 Å². The van der Waals surface area contributed by atoms with E-state index in [9.17, 15) is 0 Å². The van der Waals surface area contributed by atoms with Crippen LogP contribution in [0.5, 0.6) is 0 Å². The van der Waals surface area contributed by atoms with Gasteiger partial charge in [0.1, 0.15) is 0 Å². The van der Waals surface area contributed by atoms with Gasteiger partial charge in [0.05, 0.1) is 12.7 Å². The molecule has 0 aliphatic carbocycles. The largest absolute Gasteiger partial charge is 0.353 e. The van der Waals surface area contributed by atoms with Crippen LogP contribution in [0.2, 0.25) is 0 Å². The van der Waals surface area contributed by atoms with Gasteiger partial charge < -0.3 is 9.47 Å². The number of unbranched alkanes of at least 4 members (excludes halogenated alkanes) is 2. The average molecular weight is 200 g/mol. The summed E-state index contributed by atoms with van der Waals surface area (Å²) in [5.74, 6) is 0. The summed E-state index contributed by atoms with van der Waals surface area (Å²) < 4.78 is 11.4. The summed E-state index contributed by atoms with van der Waals surface area (Å²) in [5.41, 5.74) is 0. The number of hydrogen-bond acceptors (Lipinski definition) is 2. The lowest BCUT2D eigenvalue weighted by molar-refractivity contribution is -0.216. The van der Waals surface area contributed by atoms with Crippen molar-refractivity contribution < 1.29 is 9.47 Å². The van der Waals surface area contributed by atoms with Gasteiger partial charge >= 0.3 is 0 Å². The topological polar surface area (TPSA) is 18.5 Å². The lowest BCUT2D eigenvalue weighted by Crippen LogP contribution is -2.32. The van der Waals surface area contributed by atoms with E-state index >= 15 is 0 Å². The van der Waals surface area contributed by atoms with E-state index in [1.54, 1.807) is 0 Å². The van der Waals surface area contributed by atoms with Gasteiger partial charge in [-0.3, -0.25) is 0 Å². The lowest BCUT2D eigenvalue weighted by atomic mass is 10.1. The van der Waals surface area contributed by atoms with E-state index in [2.05, 4.69) is 13.8 Å². The third kappa shape index (κ3) is 4.43. The molecule has 0 unspecified atom stereocenters. The van der Waals surface area contributed by atoms with Crippen LogP contribution < -0.4 is 0 Å². The van der Waals surface area contributed by atoms with Crippen molar-refractivity contribution in [3.63, 3.8) is 0 Å². The van der Waals surface area contributed by atoms with E-state index in [0.717, 1.165) is 25.9 Å². The van der Waals surface area contributed by atoms with Crippen LogP contribution in [-0.4, -0.2) is 19.0 Å². The van der Waals surface area contributed by atoms with Gasteiger partial charge in [0.2, 0.25) is 0 Å². The summed E-state index contributed by atoms with van der Waals surface area (Å²) in [7, 11) is 0. The molecule has 2 heteroatoms. The Morgan fingerprint density at radius 1 is 1.07 bits per heavy atom. The Morgan fingerprint density at radius 3 is 2.64 bits per heavy atom. The molecule has 0 spiro atoms. The Morgan fingerprint density at radius 2 is 1.93 bits per heavy atom. The van der Waals surface area contributed by atoms with Crippen LogP contribution in [0.25, 0.3) is 0 Å². The van der Waals surface area contributed by atoms with Crippen molar-refractivity contribution in [3.8, 4) is 0 Å². The fraction of sp³-hybridized carbons (Fsp3) is 1.00. The molecule has 2 nitrogen and oxygen atoms in total. The summed E-state index contributed by atoms with van der Waals surface area (Å²) in [6, 6.07) is 0. The minimum absolute atomic E-state index is 0.0837. The molecule has 0 bridgehead atoms. The third-order valence-electron chi connectivity index (χ3n) is 2.74. The molecule has 1 heterocycles. The second-order valence-corrected chi connectivity index (χ2v) is 4.13. The van der Waals surface area contributed by atoms with Crippen molar-refractivity contribution in [2.45, 2.75) is 71.2 Å². The van der Waals surface area contributed by atoms with Crippen LogP contribution in [0.3, 0.4) is 0 Å². The van der Waals surface area contributed by atoms with Crippen LogP contribution in [0.15, 0.2) is 0 Å². The number of hydrogen-bond donors (Lipinski definition) is 0. The van der Waals surface area contributed by atoms with Crippen molar-refractivity contribution in [2.75, 3.05) is 6.61 Å². The van der Waals surface area contributed by atoms with Gasteiger partial charge in [-0.2, -0.15) is 0 Å². The standard InChI is InChI=1S/C12H24O2/c1-3-5-6-8-11-9-10-13-12(14-11)7-4-2/h11-12H,3-10H2,1-2H3/t11-,12+/m1/s1. The van der Waals surface area contributed by atoms with Crippen LogP contribution >= 0.6 is 0 Å². The van der Waals surface area contributed by atoms with Crippen LogP contribution in [0.4, 0.5) is 0 Å². The highest BCUT2D eigenvalue weighted by molar-refractivity contribution is 4.64. The zero-order valence-electron chi connectivity index (χ0n) is 9.63. The minimum Gasteiger partial charge on any atom is -0.353 e. The first-order valence-corrected chi connectivity index (χ1v) is 6.13. The predicted molar refractivity (Wildman–Crippen MR) is 58.3 cm³/mol. The van der Waals surface area contributed by atoms with Gasteiger partial charge in [0, 0.05) is 0 Å². The SMILES string of the molecule is CCCCC[C@@H]1CCO[C@H](CCC)O1. The fourth-order valence-electron chi connectivity index (χ4n) is 1.87. The highest BCUT2D eigenvalue weighted by Gasteiger charge is 2.21. The monoisotopic (exact) mass is 200 g/mol. The summed E-state index contributed by atoms with van der Waals surface area (Å²) in [4.78, 5) is 0. The molecular weight excluding hydrogens is 176 g/mol. The van der Waals surface area contributed by atoms with Crippen molar-refractivity contribution in [2.24, 2.45) is 0 Å². The van der Waals surface area contributed by atoms with E-state index in [1.807, 2.05) is 0 Å². The first-order chi connectivity index (χ1) is 6.86. The Hall–Kier alpha value is -0.0800. The van der Waals surface area contributed by atoms with Crippen molar-refractivity contribution >= 4 is 0 Å². The molecule has 1 fully saturated rings. The van der Waals surface area contributed by atoms with Crippen molar-refractivity contribution in [1.29, 1.82) is 0 Å². The molecule has 84 valence electrons. The van der Waals surface area contributed by atoms with Gasteiger partial charge in [-0.1, -0.05) is 39.5 Å². The quantitative estimate of drug-likeness (QED) is 0.611. The first-order valence-electron chi connectivity index (χ1n) is 6.13. The maximum atomic E-state index is 5.85. The molecule has 0 radical (unpaired) electrons. The average Bonchev–Trinajstić information content (AvgIpc) is 2.19. The molecule has 14 heavy (non-hydrogen) atoms. The van der Waals surface area contributed by atoms with E-state index in [0.29, 0.717) is 6.10 Å². The molecule has 0 aromatic heterocycles. The molecule has 1 aliphatic rings. The summed E-state index contributed by atoms with van der Waals surface area (Å²) in [6.07, 6.45) is 8.98. The first kappa shape index (κ1) is 12.0. The zero-order chi connectivity index (χ0) is 10.2. The van der Waals surface area contributed by atoms with Gasteiger partial charge in [-0.25, -0.2) is 0 Å². The Kier molecular flexibility index (Phi) is 6.20. The van der Waals surface area contributed by atoms with Gasteiger partial charge in [-0.15, -0.1) is 0 Å². The van der Waals surface area contributed by atoms with E-state index in [1.165, 1.54) is 25.7 Å². The lowest BCUT2D eigenvalue weighted by Gasteiger charge is -2.30. The van der Waals surface area contributed by atoms with Crippen molar-refractivity contribution in [3.05, 3.63) is 0 Å². The molecular formula is C12H24O2. The molecule has 1 aliphatic heterocycles. The van der Waals surface area contributed by atoms with E-state index < -0.39 is 0 Å². The van der Waals surface area contributed by atoms with Gasteiger partial charge in [0.15, 0.2) is 6.29 Å². The highest BCUT2D eigenvalue weighted by atomic mass is 16.7. The zero-order valence-corrected chi connectivity index (χ0v) is 9.63. The Balaban J connectivity index is 2.12. The smallest absolute Gasteiger partial charge is 0.157 e. The van der Waals surface area contributed by atoms with Crippen molar-refractivity contribution in [1.82, 2.24) is 0 Å².